The highest BCUT2D eigenvalue weighted by Gasteiger charge is 2.29. The molecule has 5 rings (SSSR count). The van der Waals surface area contributed by atoms with Crippen molar-refractivity contribution in [3.63, 3.8) is 0 Å². The van der Waals surface area contributed by atoms with Crippen LogP contribution < -0.4 is 0 Å². The maximum absolute atomic E-state index is 13.3. The van der Waals surface area contributed by atoms with Crippen LogP contribution in [0.1, 0.15) is 33.5 Å². The lowest BCUT2D eigenvalue weighted by molar-refractivity contribution is -0.0246. The van der Waals surface area contributed by atoms with E-state index in [4.69, 9.17) is 16.3 Å². The van der Waals surface area contributed by atoms with Crippen LogP contribution in [0.15, 0.2) is 54.9 Å². The fourth-order valence-electron chi connectivity index (χ4n) is 4.04. The van der Waals surface area contributed by atoms with Crippen molar-refractivity contribution < 1.29 is 9.53 Å². The molecule has 0 saturated carbocycles. The lowest BCUT2D eigenvalue weighted by Gasteiger charge is -2.32. The molecule has 0 aliphatic carbocycles. The van der Waals surface area contributed by atoms with Crippen molar-refractivity contribution in [3.05, 3.63) is 82.5 Å². The van der Waals surface area contributed by atoms with Crippen molar-refractivity contribution >= 4 is 23.2 Å². The predicted octanol–water partition coefficient (Wildman–Crippen LogP) is 4.28. The van der Waals surface area contributed by atoms with Crippen LogP contribution in [0.5, 0.6) is 0 Å². The summed E-state index contributed by atoms with van der Waals surface area (Å²) in [5.41, 5.74) is 5.65. The molecule has 1 fully saturated rings. The van der Waals surface area contributed by atoms with Crippen molar-refractivity contribution in [3.8, 4) is 11.1 Å². The predicted molar refractivity (Wildman–Crippen MR) is 122 cm³/mol. The number of halogens is 1. The molecule has 0 spiro atoms. The Bertz CT molecular complexity index is 1300. The number of aromatic nitrogens is 4. The molecule has 1 aliphatic rings. The SMILES string of the molecule is Cc1cc(C)n2ncc(C(=O)N3CCOC(c4ccc(-c5cccc(Cl)c5)cn4)C3)c2n1. The molecular formula is C24H22ClN5O2. The highest BCUT2D eigenvalue weighted by atomic mass is 35.5. The van der Waals surface area contributed by atoms with Crippen LogP contribution in [0, 0.1) is 13.8 Å². The Morgan fingerprint density at radius 2 is 2.00 bits per heavy atom. The number of fused-ring (bicyclic) bond motifs is 1. The van der Waals surface area contributed by atoms with Gasteiger partial charge in [-0.05, 0) is 43.7 Å². The fourth-order valence-corrected chi connectivity index (χ4v) is 4.23. The average molecular weight is 448 g/mol. The van der Waals surface area contributed by atoms with Gasteiger partial charge in [0, 0.05) is 34.7 Å². The number of amides is 1. The van der Waals surface area contributed by atoms with Gasteiger partial charge in [-0.3, -0.25) is 9.78 Å². The molecule has 3 aromatic heterocycles. The Kier molecular flexibility index (Phi) is 5.36. The third kappa shape index (κ3) is 3.85. The van der Waals surface area contributed by atoms with E-state index in [1.165, 1.54) is 0 Å². The minimum absolute atomic E-state index is 0.0960. The lowest BCUT2D eigenvalue weighted by Crippen LogP contribution is -2.42. The number of carbonyl (C=O) groups excluding carboxylic acids is 1. The van der Waals surface area contributed by atoms with Gasteiger partial charge in [0.2, 0.25) is 0 Å². The number of pyridine rings is 1. The zero-order valence-electron chi connectivity index (χ0n) is 17.8. The Balaban J connectivity index is 1.36. The number of hydrogen-bond donors (Lipinski definition) is 0. The molecule has 4 heterocycles. The van der Waals surface area contributed by atoms with Gasteiger partial charge in [0.25, 0.3) is 5.91 Å². The summed E-state index contributed by atoms with van der Waals surface area (Å²) in [4.78, 5) is 24.2. The monoisotopic (exact) mass is 447 g/mol. The molecule has 4 aromatic rings. The summed E-state index contributed by atoms with van der Waals surface area (Å²) >= 11 is 6.10. The van der Waals surface area contributed by atoms with Gasteiger partial charge in [-0.1, -0.05) is 29.8 Å². The first-order chi connectivity index (χ1) is 15.5. The largest absolute Gasteiger partial charge is 0.368 e. The zero-order valence-corrected chi connectivity index (χ0v) is 18.6. The number of aryl methyl sites for hydroxylation is 2. The highest BCUT2D eigenvalue weighted by Crippen LogP contribution is 2.26. The van der Waals surface area contributed by atoms with Gasteiger partial charge >= 0.3 is 0 Å². The van der Waals surface area contributed by atoms with Gasteiger partial charge in [0.05, 0.1) is 25.0 Å². The van der Waals surface area contributed by atoms with Crippen LogP contribution >= 0.6 is 11.6 Å². The van der Waals surface area contributed by atoms with Crippen molar-refractivity contribution in [2.75, 3.05) is 19.7 Å². The van der Waals surface area contributed by atoms with Gasteiger partial charge in [-0.2, -0.15) is 5.10 Å². The van der Waals surface area contributed by atoms with Crippen molar-refractivity contribution in [1.82, 2.24) is 24.5 Å². The van der Waals surface area contributed by atoms with Crippen LogP contribution in [0.25, 0.3) is 16.8 Å². The summed E-state index contributed by atoms with van der Waals surface area (Å²) in [6, 6.07) is 13.5. The molecule has 8 heteroatoms. The molecule has 1 aliphatic heterocycles. The first-order valence-corrected chi connectivity index (χ1v) is 10.8. The van der Waals surface area contributed by atoms with Gasteiger partial charge in [-0.15, -0.1) is 0 Å². The number of hydrogen-bond acceptors (Lipinski definition) is 5. The number of carbonyl (C=O) groups is 1. The third-order valence-electron chi connectivity index (χ3n) is 5.64. The van der Waals surface area contributed by atoms with E-state index in [-0.39, 0.29) is 12.0 Å². The summed E-state index contributed by atoms with van der Waals surface area (Å²) < 4.78 is 7.64. The Morgan fingerprint density at radius 3 is 2.78 bits per heavy atom. The average Bonchev–Trinajstić information content (AvgIpc) is 3.23. The molecule has 0 bridgehead atoms. The van der Waals surface area contributed by atoms with Crippen molar-refractivity contribution in [2.24, 2.45) is 0 Å². The topological polar surface area (TPSA) is 72.6 Å². The van der Waals surface area contributed by atoms with Crippen LogP contribution in [0.4, 0.5) is 0 Å². The minimum atomic E-state index is -0.292. The smallest absolute Gasteiger partial charge is 0.259 e. The molecule has 1 saturated heterocycles. The molecule has 1 aromatic carbocycles. The Labute approximate surface area is 190 Å². The molecule has 1 unspecified atom stereocenters. The second-order valence-electron chi connectivity index (χ2n) is 7.93. The summed E-state index contributed by atoms with van der Waals surface area (Å²) in [7, 11) is 0. The van der Waals surface area contributed by atoms with Crippen molar-refractivity contribution in [2.45, 2.75) is 20.0 Å². The molecule has 162 valence electrons. The second-order valence-corrected chi connectivity index (χ2v) is 8.36. The van der Waals surface area contributed by atoms with E-state index in [9.17, 15) is 4.79 Å². The first-order valence-electron chi connectivity index (χ1n) is 10.4. The molecule has 1 atom stereocenters. The van der Waals surface area contributed by atoms with Gasteiger partial charge < -0.3 is 9.64 Å². The van der Waals surface area contributed by atoms with E-state index in [0.29, 0.717) is 35.9 Å². The normalized spacial score (nSPS) is 16.5. The van der Waals surface area contributed by atoms with Crippen LogP contribution in [-0.4, -0.2) is 50.1 Å². The van der Waals surface area contributed by atoms with Crippen LogP contribution in [0.2, 0.25) is 5.02 Å². The maximum atomic E-state index is 13.3. The summed E-state index contributed by atoms with van der Waals surface area (Å²) in [6.45, 7) is 5.24. The summed E-state index contributed by atoms with van der Waals surface area (Å²) in [5, 5.41) is 5.03. The van der Waals surface area contributed by atoms with E-state index >= 15 is 0 Å². The summed E-state index contributed by atoms with van der Waals surface area (Å²) in [5.74, 6) is -0.0960. The number of nitrogens with zero attached hydrogens (tertiary/aromatic N) is 5. The summed E-state index contributed by atoms with van der Waals surface area (Å²) in [6.07, 6.45) is 3.12. The van der Waals surface area contributed by atoms with Gasteiger partial charge in [0.15, 0.2) is 5.65 Å². The maximum Gasteiger partial charge on any atom is 0.259 e. The third-order valence-corrected chi connectivity index (χ3v) is 5.87. The standard InChI is InChI=1S/C24H22ClN5O2/c1-15-10-16(2)30-23(28-15)20(13-27-30)24(31)29-8-9-32-22(14-29)21-7-6-18(12-26-21)17-4-3-5-19(25)11-17/h3-7,10-13,22H,8-9,14H2,1-2H3. The highest BCUT2D eigenvalue weighted by molar-refractivity contribution is 6.30. The van der Waals surface area contributed by atoms with E-state index in [2.05, 4.69) is 15.1 Å². The Hall–Kier alpha value is -3.29. The van der Waals surface area contributed by atoms with E-state index in [0.717, 1.165) is 28.2 Å². The van der Waals surface area contributed by atoms with Gasteiger partial charge in [0.1, 0.15) is 11.7 Å². The first kappa shape index (κ1) is 20.6. The molecular weight excluding hydrogens is 426 g/mol. The molecule has 0 N–H and O–H groups in total. The zero-order chi connectivity index (χ0) is 22.2. The molecule has 32 heavy (non-hydrogen) atoms. The molecule has 1 amide bonds. The quantitative estimate of drug-likeness (QED) is 0.469. The number of morpholine rings is 1. The van der Waals surface area contributed by atoms with Crippen molar-refractivity contribution in [1.29, 1.82) is 0 Å². The Morgan fingerprint density at radius 1 is 1.12 bits per heavy atom. The second kappa shape index (κ2) is 8.33. The lowest BCUT2D eigenvalue weighted by atomic mass is 10.1. The number of ether oxygens (including phenoxy) is 1. The molecule has 7 nitrogen and oxygen atoms in total. The van der Waals surface area contributed by atoms with E-state index in [1.807, 2.05) is 62.5 Å². The number of benzene rings is 1. The number of rotatable bonds is 3. The minimum Gasteiger partial charge on any atom is -0.368 e. The van der Waals surface area contributed by atoms with Gasteiger partial charge in [-0.25, -0.2) is 9.50 Å². The van der Waals surface area contributed by atoms with E-state index < -0.39 is 0 Å². The van der Waals surface area contributed by atoms with E-state index in [1.54, 1.807) is 15.6 Å². The van der Waals surface area contributed by atoms with Crippen LogP contribution in [0.3, 0.4) is 0 Å². The fraction of sp³-hybridized carbons (Fsp3) is 0.250. The van der Waals surface area contributed by atoms with Crippen LogP contribution in [-0.2, 0) is 4.74 Å². The molecule has 0 radical (unpaired) electrons.